The van der Waals surface area contributed by atoms with Gasteiger partial charge in [-0.15, -0.1) is 0 Å². The number of hydrogen-bond donors (Lipinski definition) is 1. The summed E-state index contributed by atoms with van der Waals surface area (Å²) in [6.45, 7) is 3.71. The minimum absolute atomic E-state index is 0.216. The van der Waals surface area contributed by atoms with E-state index in [0.717, 1.165) is 11.6 Å². The molecule has 2 aromatic carbocycles. The number of para-hydroxylation sites is 1. The van der Waals surface area contributed by atoms with Crippen LogP contribution in [0.15, 0.2) is 61.2 Å². The largest absolute Gasteiger partial charge is 0.487 e. The van der Waals surface area contributed by atoms with Gasteiger partial charge in [0, 0.05) is 0 Å². The third-order valence-electron chi connectivity index (χ3n) is 3.10. The van der Waals surface area contributed by atoms with Gasteiger partial charge in [0.1, 0.15) is 12.4 Å². The molecule has 0 atom stereocenters. The van der Waals surface area contributed by atoms with Gasteiger partial charge in [-0.25, -0.2) is 4.79 Å². The molecule has 23 heavy (non-hydrogen) atoms. The fourth-order valence-electron chi connectivity index (χ4n) is 1.97. The first kappa shape index (κ1) is 16.3. The van der Waals surface area contributed by atoms with E-state index < -0.39 is 11.9 Å². The summed E-state index contributed by atoms with van der Waals surface area (Å²) in [5, 5.41) is 2.60. The fourth-order valence-corrected chi connectivity index (χ4v) is 1.97. The SMILES string of the molecule is C=CC(=O)Nc1c(OCc2ccccc2)cccc1C(=O)OC. The van der Waals surface area contributed by atoms with Crippen LogP contribution in [0.2, 0.25) is 0 Å². The van der Waals surface area contributed by atoms with Crippen molar-refractivity contribution in [2.24, 2.45) is 0 Å². The minimum Gasteiger partial charge on any atom is -0.487 e. The molecule has 0 bridgehead atoms. The van der Waals surface area contributed by atoms with Gasteiger partial charge in [-0.05, 0) is 23.8 Å². The molecule has 0 spiro atoms. The van der Waals surface area contributed by atoms with Crippen LogP contribution in [0.1, 0.15) is 15.9 Å². The second kappa shape index (κ2) is 7.79. The second-order valence-corrected chi connectivity index (χ2v) is 4.64. The standard InChI is InChI=1S/C18H17NO4/c1-3-16(20)19-17-14(18(21)22-2)10-7-11-15(17)23-12-13-8-5-4-6-9-13/h3-11H,1,12H2,2H3,(H,19,20). The van der Waals surface area contributed by atoms with Crippen molar-refractivity contribution in [3.63, 3.8) is 0 Å². The molecule has 0 radical (unpaired) electrons. The maximum Gasteiger partial charge on any atom is 0.340 e. The summed E-state index contributed by atoms with van der Waals surface area (Å²) in [6.07, 6.45) is 1.12. The maximum atomic E-state index is 11.9. The molecule has 2 aromatic rings. The van der Waals surface area contributed by atoms with Crippen molar-refractivity contribution in [2.75, 3.05) is 12.4 Å². The third-order valence-corrected chi connectivity index (χ3v) is 3.10. The lowest BCUT2D eigenvalue weighted by Gasteiger charge is -2.15. The molecule has 0 aromatic heterocycles. The molecule has 1 N–H and O–H groups in total. The van der Waals surface area contributed by atoms with E-state index in [0.29, 0.717) is 12.4 Å². The lowest BCUT2D eigenvalue weighted by molar-refractivity contribution is -0.111. The summed E-state index contributed by atoms with van der Waals surface area (Å²) in [5.41, 5.74) is 1.45. The first-order valence-corrected chi connectivity index (χ1v) is 6.97. The molecule has 0 saturated heterocycles. The number of anilines is 1. The number of carbonyl (C=O) groups is 2. The van der Waals surface area contributed by atoms with Crippen molar-refractivity contribution in [1.29, 1.82) is 0 Å². The highest BCUT2D eigenvalue weighted by Gasteiger charge is 2.17. The Morgan fingerprint density at radius 2 is 1.87 bits per heavy atom. The summed E-state index contributed by atoms with van der Waals surface area (Å²) in [7, 11) is 1.28. The van der Waals surface area contributed by atoms with Crippen LogP contribution in [-0.2, 0) is 16.1 Å². The molecule has 1 amide bonds. The van der Waals surface area contributed by atoms with Crippen molar-refractivity contribution < 1.29 is 19.1 Å². The number of hydrogen-bond acceptors (Lipinski definition) is 4. The van der Waals surface area contributed by atoms with Gasteiger partial charge in [0.05, 0.1) is 18.4 Å². The molecule has 0 fully saturated rings. The van der Waals surface area contributed by atoms with Gasteiger partial charge in [0.15, 0.2) is 0 Å². The van der Waals surface area contributed by atoms with E-state index in [1.807, 2.05) is 30.3 Å². The Bertz CT molecular complexity index is 710. The number of amides is 1. The number of nitrogens with one attached hydrogen (secondary N) is 1. The lowest BCUT2D eigenvalue weighted by Crippen LogP contribution is -2.14. The van der Waals surface area contributed by atoms with Crippen molar-refractivity contribution in [2.45, 2.75) is 6.61 Å². The second-order valence-electron chi connectivity index (χ2n) is 4.64. The van der Waals surface area contributed by atoms with Crippen LogP contribution in [0.25, 0.3) is 0 Å². The molecule has 0 aliphatic heterocycles. The van der Waals surface area contributed by atoms with Gasteiger partial charge in [0.25, 0.3) is 0 Å². The van der Waals surface area contributed by atoms with Crippen LogP contribution in [-0.4, -0.2) is 19.0 Å². The first-order valence-electron chi connectivity index (χ1n) is 6.97. The zero-order chi connectivity index (χ0) is 16.7. The quantitative estimate of drug-likeness (QED) is 0.657. The van der Waals surface area contributed by atoms with E-state index in [4.69, 9.17) is 9.47 Å². The number of methoxy groups -OCH3 is 1. The topological polar surface area (TPSA) is 64.6 Å². The predicted molar refractivity (Wildman–Crippen MR) is 87.4 cm³/mol. The maximum absolute atomic E-state index is 11.9. The number of rotatable bonds is 6. The van der Waals surface area contributed by atoms with Gasteiger partial charge in [-0.3, -0.25) is 4.79 Å². The first-order chi connectivity index (χ1) is 11.2. The van der Waals surface area contributed by atoms with Gasteiger partial charge in [-0.1, -0.05) is 43.0 Å². The Labute approximate surface area is 134 Å². The molecular formula is C18H17NO4. The Balaban J connectivity index is 2.31. The average molecular weight is 311 g/mol. The number of esters is 1. The van der Waals surface area contributed by atoms with E-state index in [2.05, 4.69) is 11.9 Å². The molecule has 0 heterocycles. The summed E-state index contributed by atoms with van der Waals surface area (Å²) in [4.78, 5) is 23.5. The van der Waals surface area contributed by atoms with E-state index in [9.17, 15) is 9.59 Å². The van der Waals surface area contributed by atoms with Crippen LogP contribution in [0.3, 0.4) is 0 Å². The number of benzene rings is 2. The predicted octanol–water partition coefficient (Wildman–Crippen LogP) is 3.18. The van der Waals surface area contributed by atoms with Crippen LogP contribution in [0, 0.1) is 0 Å². The molecule has 0 unspecified atom stereocenters. The van der Waals surface area contributed by atoms with Crippen LogP contribution in [0.5, 0.6) is 5.75 Å². The molecule has 0 aliphatic carbocycles. The van der Waals surface area contributed by atoms with E-state index in [1.165, 1.54) is 7.11 Å². The van der Waals surface area contributed by atoms with E-state index in [-0.39, 0.29) is 11.3 Å². The third kappa shape index (κ3) is 4.20. The highest BCUT2D eigenvalue weighted by Crippen LogP contribution is 2.30. The van der Waals surface area contributed by atoms with Crippen LogP contribution >= 0.6 is 0 Å². The molecule has 5 nitrogen and oxygen atoms in total. The van der Waals surface area contributed by atoms with Gasteiger partial charge >= 0.3 is 5.97 Å². The summed E-state index contributed by atoms with van der Waals surface area (Å²) in [5.74, 6) is -0.618. The van der Waals surface area contributed by atoms with Gasteiger partial charge < -0.3 is 14.8 Å². The van der Waals surface area contributed by atoms with E-state index in [1.54, 1.807) is 18.2 Å². The van der Waals surface area contributed by atoms with Crippen molar-refractivity contribution in [3.8, 4) is 5.75 Å². The molecular weight excluding hydrogens is 294 g/mol. The van der Waals surface area contributed by atoms with Gasteiger partial charge in [0.2, 0.25) is 5.91 Å². The van der Waals surface area contributed by atoms with Crippen molar-refractivity contribution in [3.05, 3.63) is 72.3 Å². The molecule has 0 aliphatic rings. The average Bonchev–Trinajstić information content (AvgIpc) is 2.60. The highest BCUT2D eigenvalue weighted by molar-refractivity contribution is 6.06. The van der Waals surface area contributed by atoms with Crippen LogP contribution < -0.4 is 10.1 Å². The monoisotopic (exact) mass is 311 g/mol. The lowest BCUT2D eigenvalue weighted by atomic mass is 10.1. The van der Waals surface area contributed by atoms with Crippen molar-refractivity contribution in [1.82, 2.24) is 0 Å². The van der Waals surface area contributed by atoms with E-state index >= 15 is 0 Å². The van der Waals surface area contributed by atoms with Crippen molar-refractivity contribution >= 4 is 17.6 Å². The number of carbonyl (C=O) groups excluding carboxylic acids is 2. The molecule has 5 heteroatoms. The minimum atomic E-state index is -0.561. The summed E-state index contributed by atoms with van der Waals surface area (Å²) in [6, 6.07) is 14.5. The summed E-state index contributed by atoms with van der Waals surface area (Å²) >= 11 is 0. The Kier molecular flexibility index (Phi) is 5.52. The van der Waals surface area contributed by atoms with Gasteiger partial charge in [-0.2, -0.15) is 0 Å². The number of ether oxygens (including phenoxy) is 2. The summed E-state index contributed by atoms with van der Waals surface area (Å²) < 4.78 is 10.5. The normalized spacial score (nSPS) is 9.78. The molecule has 118 valence electrons. The fraction of sp³-hybridized carbons (Fsp3) is 0.111. The zero-order valence-corrected chi connectivity index (χ0v) is 12.7. The highest BCUT2D eigenvalue weighted by atomic mass is 16.5. The Morgan fingerprint density at radius 1 is 1.13 bits per heavy atom. The van der Waals surface area contributed by atoms with Crippen LogP contribution in [0.4, 0.5) is 5.69 Å². The molecule has 0 saturated carbocycles. The Hall–Kier alpha value is -3.08. The molecule has 2 rings (SSSR count). The Morgan fingerprint density at radius 3 is 2.52 bits per heavy atom. The zero-order valence-electron chi connectivity index (χ0n) is 12.7. The smallest absolute Gasteiger partial charge is 0.340 e.